The van der Waals surface area contributed by atoms with Crippen molar-refractivity contribution in [2.45, 2.75) is 4.90 Å². The minimum absolute atomic E-state index is 0.0774. The Morgan fingerprint density at radius 1 is 1.19 bits per heavy atom. The Morgan fingerprint density at radius 3 is 2.38 bits per heavy atom. The zero-order valence-electron chi connectivity index (χ0n) is 7.39. The summed E-state index contributed by atoms with van der Waals surface area (Å²) in [7, 11) is 0. The van der Waals surface area contributed by atoms with Gasteiger partial charge >= 0.3 is 0 Å². The van der Waals surface area contributed by atoms with Gasteiger partial charge in [0.05, 0.1) is 28.0 Å². The van der Waals surface area contributed by atoms with Crippen molar-refractivity contribution in [3.63, 3.8) is 0 Å². The molecule has 86 valence electrons. The molecule has 0 amide bonds. The standard InChI is InChI=1S/C6H4N2O7S/c9-7(10)4-1-2-6(16-15-14-13)5(3-4)8(11)12/h1-3,13H/p-1. The van der Waals surface area contributed by atoms with Gasteiger partial charge in [-0.3, -0.25) is 25.3 Å². The van der Waals surface area contributed by atoms with Gasteiger partial charge in [0.25, 0.3) is 11.4 Å². The van der Waals surface area contributed by atoms with E-state index in [0.717, 1.165) is 18.2 Å². The van der Waals surface area contributed by atoms with Crippen LogP contribution < -0.4 is 5.26 Å². The van der Waals surface area contributed by atoms with Crippen LogP contribution in [0.15, 0.2) is 23.1 Å². The summed E-state index contributed by atoms with van der Waals surface area (Å²) in [5.74, 6) is 0. The normalized spacial score (nSPS) is 10.1. The van der Waals surface area contributed by atoms with E-state index in [4.69, 9.17) is 0 Å². The smallest absolute Gasteiger partial charge is 0.292 e. The maximum absolute atomic E-state index is 10.6. The summed E-state index contributed by atoms with van der Waals surface area (Å²) in [5.41, 5.74) is -0.977. The molecule has 1 aromatic carbocycles. The van der Waals surface area contributed by atoms with Crippen molar-refractivity contribution in [3.05, 3.63) is 38.4 Å². The molecular formula is C6H3N2O7S-. The first-order valence-corrected chi connectivity index (χ1v) is 4.36. The van der Waals surface area contributed by atoms with Crippen LogP contribution in [0.2, 0.25) is 0 Å². The fourth-order valence-corrected chi connectivity index (χ4v) is 1.33. The Morgan fingerprint density at radius 2 is 1.88 bits per heavy atom. The van der Waals surface area contributed by atoms with Crippen LogP contribution >= 0.6 is 12.0 Å². The molecule has 0 aliphatic heterocycles. The van der Waals surface area contributed by atoms with Crippen LogP contribution in [0.3, 0.4) is 0 Å². The quantitative estimate of drug-likeness (QED) is 0.322. The maximum Gasteiger partial charge on any atom is 0.292 e. The monoisotopic (exact) mass is 247 g/mol. The van der Waals surface area contributed by atoms with Gasteiger partial charge in [-0.25, -0.2) is 0 Å². The van der Waals surface area contributed by atoms with Gasteiger partial charge in [-0.05, 0) is 6.07 Å². The number of non-ortho nitro benzene ring substituents is 1. The predicted molar refractivity (Wildman–Crippen MR) is 47.8 cm³/mol. The van der Waals surface area contributed by atoms with Gasteiger partial charge in [0.2, 0.25) is 0 Å². The van der Waals surface area contributed by atoms with Crippen LogP contribution in [-0.4, -0.2) is 9.85 Å². The highest BCUT2D eigenvalue weighted by Crippen LogP contribution is 2.32. The van der Waals surface area contributed by atoms with Crippen molar-refractivity contribution in [1.82, 2.24) is 0 Å². The lowest BCUT2D eigenvalue weighted by molar-refractivity contribution is -0.777. The van der Waals surface area contributed by atoms with Crippen molar-refractivity contribution in [3.8, 4) is 0 Å². The fourth-order valence-electron chi connectivity index (χ4n) is 0.883. The molecule has 0 fully saturated rings. The molecule has 1 rings (SSSR count). The molecule has 0 spiro atoms. The van der Waals surface area contributed by atoms with Crippen molar-refractivity contribution >= 4 is 23.4 Å². The van der Waals surface area contributed by atoms with Crippen LogP contribution in [0.5, 0.6) is 0 Å². The van der Waals surface area contributed by atoms with Gasteiger partial charge in [0, 0.05) is 6.07 Å². The molecule has 0 aromatic heterocycles. The summed E-state index contributed by atoms with van der Waals surface area (Å²) >= 11 is 0.297. The summed E-state index contributed by atoms with van der Waals surface area (Å²) in [5, 5.41) is 33.5. The number of hydrogen-bond donors (Lipinski definition) is 0. The zero-order chi connectivity index (χ0) is 12.1. The number of benzene rings is 1. The highest BCUT2D eigenvalue weighted by atomic mass is 32.2. The van der Waals surface area contributed by atoms with Crippen molar-refractivity contribution in [2.24, 2.45) is 0 Å². The van der Waals surface area contributed by atoms with Crippen molar-refractivity contribution in [2.75, 3.05) is 0 Å². The maximum atomic E-state index is 10.6. The van der Waals surface area contributed by atoms with Crippen molar-refractivity contribution in [1.29, 1.82) is 0 Å². The van der Waals surface area contributed by atoms with Gasteiger partial charge in [-0.1, -0.05) is 0 Å². The second kappa shape index (κ2) is 5.37. The number of hydrogen-bond acceptors (Lipinski definition) is 8. The molecule has 0 aliphatic rings. The molecule has 1 aromatic rings. The van der Waals surface area contributed by atoms with Gasteiger partial charge in [0.1, 0.15) is 4.90 Å². The van der Waals surface area contributed by atoms with E-state index in [1.165, 1.54) is 0 Å². The molecular weight excluding hydrogens is 244 g/mol. The zero-order valence-corrected chi connectivity index (χ0v) is 8.21. The number of nitrogens with zero attached hydrogens (tertiary/aromatic N) is 2. The summed E-state index contributed by atoms with van der Waals surface area (Å²) in [6, 6.07) is 2.89. The summed E-state index contributed by atoms with van der Waals surface area (Å²) in [4.78, 5) is 19.2. The Balaban J connectivity index is 3.09. The van der Waals surface area contributed by atoms with Gasteiger partial charge in [0.15, 0.2) is 0 Å². The van der Waals surface area contributed by atoms with E-state index in [0.29, 0.717) is 12.0 Å². The van der Waals surface area contributed by atoms with E-state index >= 15 is 0 Å². The average Bonchev–Trinajstić information content (AvgIpc) is 2.25. The molecule has 0 aliphatic carbocycles. The molecule has 9 nitrogen and oxygen atoms in total. The minimum Gasteiger partial charge on any atom is -0.691 e. The molecule has 0 bridgehead atoms. The highest BCUT2D eigenvalue weighted by molar-refractivity contribution is 7.94. The summed E-state index contributed by atoms with van der Waals surface area (Å²) < 4.78 is 3.90. The first-order chi connectivity index (χ1) is 7.56. The van der Waals surface area contributed by atoms with Crippen LogP contribution in [0.25, 0.3) is 0 Å². The molecule has 16 heavy (non-hydrogen) atoms. The van der Waals surface area contributed by atoms with Gasteiger partial charge in [-0.2, -0.15) is 4.33 Å². The van der Waals surface area contributed by atoms with E-state index < -0.39 is 21.2 Å². The molecule has 10 heteroatoms. The van der Waals surface area contributed by atoms with E-state index in [-0.39, 0.29) is 4.90 Å². The Hall–Kier alpha value is -1.75. The molecule has 0 saturated carbocycles. The lowest BCUT2D eigenvalue weighted by atomic mass is 10.3. The molecule has 0 N–H and O–H groups in total. The van der Waals surface area contributed by atoms with E-state index in [1.807, 2.05) is 0 Å². The summed E-state index contributed by atoms with van der Waals surface area (Å²) in [6.07, 6.45) is 0. The first-order valence-electron chi connectivity index (χ1n) is 3.62. The van der Waals surface area contributed by atoms with E-state index in [9.17, 15) is 25.5 Å². The second-order valence-electron chi connectivity index (χ2n) is 2.39. The van der Waals surface area contributed by atoms with E-state index in [1.54, 1.807) is 0 Å². The average molecular weight is 247 g/mol. The minimum atomic E-state index is -0.830. The van der Waals surface area contributed by atoms with Crippen molar-refractivity contribution < 1.29 is 24.5 Å². The van der Waals surface area contributed by atoms with Crippen LogP contribution in [0.4, 0.5) is 11.4 Å². The van der Waals surface area contributed by atoms with Crippen LogP contribution in [-0.2, 0) is 9.37 Å². The van der Waals surface area contributed by atoms with Crippen LogP contribution in [0.1, 0.15) is 0 Å². The van der Waals surface area contributed by atoms with Gasteiger partial charge < -0.3 is 5.26 Å². The number of nitro groups is 2. The number of nitro benzene ring substituents is 2. The van der Waals surface area contributed by atoms with Crippen LogP contribution in [0, 0.1) is 20.2 Å². The largest absolute Gasteiger partial charge is 0.691 e. The third kappa shape index (κ3) is 2.87. The molecule has 0 heterocycles. The third-order valence-electron chi connectivity index (χ3n) is 1.50. The first kappa shape index (κ1) is 12.3. The molecule has 0 unspecified atom stereocenters. The lowest BCUT2D eigenvalue weighted by Gasteiger charge is -2.04. The SMILES string of the molecule is O=[N+]([O-])c1ccc(SOO[O-])c([N+](=O)[O-])c1. The topological polar surface area (TPSA) is 128 Å². The molecule has 0 atom stereocenters. The summed E-state index contributed by atoms with van der Waals surface area (Å²) in [6.45, 7) is 0. The predicted octanol–water partition coefficient (Wildman–Crippen LogP) is 0.734. The lowest BCUT2D eigenvalue weighted by Crippen LogP contribution is -2.01. The highest BCUT2D eigenvalue weighted by Gasteiger charge is 2.20. The number of rotatable bonds is 5. The Labute approximate surface area is 91.9 Å². The second-order valence-corrected chi connectivity index (χ2v) is 3.13. The Bertz CT molecular complexity index is 423. The van der Waals surface area contributed by atoms with E-state index in [2.05, 4.69) is 9.37 Å². The fraction of sp³-hybridized carbons (Fsp3) is 0. The molecule has 0 saturated heterocycles. The Kier molecular flexibility index (Phi) is 4.13. The van der Waals surface area contributed by atoms with Gasteiger partial charge in [-0.15, -0.1) is 0 Å². The molecule has 0 radical (unpaired) electrons. The third-order valence-corrected chi connectivity index (χ3v) is 2.15.